The van der Waals surface area contributed by atoms with Crippen LogP contribution in [0.3, 0.4) is 0 Å². The second-order valence-electron chi connectivity index (χ2n) is 5.89. The zero-order chi connectivity index (χ0) is 14.8. The van der Waals surface area contributed by atoms with Gasteiger partial charge in [0.05, 0.1) is 4.58 Å². The largest absolute Gasteiger partial charge is 0.143 e. The molecule has 20 heavy (non-hydrogen) atoms. The topological polar surface area (TPSA) is 0 Å². The Morgan fingerprint density at radius 2 is 1.50 bits per heavy atom. The maximum absolute atomic E-state index is 2.49. The van der Waals surface area contributed by atoms with Crippen molar-refractivity contribution in [2.24, 2.45) is 0 Å². The number of allylic oxidation sites excluding steroid dienone is 5. The summed E-state index contributed by atoms with van der Waals surface area (Å²) in [6.07, 6.45) is 13.4. The van der Waals surface area contributed by atoms with Crippen LogP contribution in [0.4, 0.5) is 0 Å². The predicted molar refractivity (Wildman–Crippen MR) is 98.7 cm³/mol. The molecule has 114 valence electrons. The highest BCUT2D eigenvalue weighted by molar-refractivity contribution is 8.17. The maximum Gasteiger partial charge on any atom is 0.0684 e. The van der Waals surface area contributed by atoms with Crippen LogP contribution >= 0.6 is 23.5 Å². The summed E-state index contributed by atoms with van der Waals surface area (Å²) in [6, 6.07) is 0. The molecular formula is C18H30S2. The summed E-state index contributed by atoms with van der Waals surface area (Å²) in [6.45, 7) is 8.91. The van der Waals surface area contributed by atoms with Crippen LogP contribution in [-0.4, -0.2) is 16.1 Å². The van der Waals surface area contributed by atoms with E-state index in [1.165, 1.54) is 54.8 Å². The van der Waals surface area contributed by atoms with E-state index in [0.29, 0.717) is 4.58 Å². The van der Waals surface area contributed by atoms with E-state index >= 15 is 0 Å². The van der Waals surface area contributed by atoms with Gasteiger partial charge >= 0.3 is 0 Å². The Labute approximate surface area is 134 Å². The van der Waals surface area contributed by atoms with Crippen molar-refractivity contribution >= 4 is 23.5 Å². The molecule has 0 spiro atoms. The summed E-state index contributed by atoms with van der Waals surface area (Å²) in [4.78, 5) is 0. The molecule has 0 aromatic heterocycles. The third-order valence-electron chi connectivity index (χ3n) is 3.40. The van der Waals surface area contributed by atoms with E-state index in [9.17, 15) is 0 Å². The lowest BCUT2D eigenvalue weighted by atomic mass is 10.1. The van der Waals surface area contributed by atoms with Crippen molar-refractivity contribution < 1.29 is 0 Å². The molecule has 0 radical (unpaired) electrons. The molecule has 2 heteroatoms. The summed E-state index contributed by atoms with van der Waals surface area (Å²) in [5.74, 6) is 2.68. The quantitative estimate of drug-likeness (QED) is 0.486. The Hall–Kier alpha value is -0.0800. The van der Waals surface area contributed by atoms with E-state index in [1.807, 2.05) is 0 Å². The molecule has 0 aliphatic carbocycles. The Balaban J connectivity index is 2.24. The van der Waals surface area contributed by atoms with Gasteiger partial charge in [-0.1, -0.05) is 34.9 Å². The molecule has 0 nitrogen and oxygen atoms in total. The molecule has 1 fully saturated rings. The van der Waals surface area contributed by atoms with Crippen molar-refractivity contribution in [1.29, 1.82) is 0 Å². The first-order chi connectivity index (χ1) is 9.58. The van der Waals surface area contributed by atoms with Gasteiger partial charge in [-0.05, 0) is 71.3 Å². The lowest BCUT2D eigenvalue weighted by Crippen LogP contribution is -2.04. The fraction of sp³-hybridized carbons (Fsp3) is 0.667. The molecule has 0 N–H and O–H groups in total. The highest BCUT2D eigenvalue weighted by Crippen LogP contribution is 2.32. The van der Waals surface area contributed by atoms with Crippen molar-refractivity contribution in [1.82, 2.24) is 0 Å². The van der Waals surface area contributed by atoms with E-state index < -0.39 is 0 Å². The van der Waals surface area contributed by atoms with Crippen LogP contribution in [0.15, 0.2) is 34.9 Å². The van der Waals surface area contributed by atoms with Crippen LogP contribution < -0.4 is 0 Å². The number of hydrogen-bond donors (Lipinski definition) is 0. The van der Waals surface area contributed by atoms with Crippen molar-refractivity contribution in [3.63, 3.8) is 0 Å². The fourth-order valence-electron chi connectivity index (χ4n) is 2.15. The van der Waals surface area contributed by atoms with Gasteiger partial charge in [-0.25, -0.2) is 0 Å². The minimum atomic E-state index is 0.714. The minimum Gasteiger partial charge on any atom is -0.143 e. The zero-order valence-corrected chi connectivity index (χ0v) is 15.2. The Bertz CT molecular complexity index is 354. The molecule has 0 atom stereocenters. The number of thioether (sulfide) groups is 2. The third kappa shape index (κ3) is 8.97. The average molecular weight is 311 g/mol. The van der Waals surface area contributed by atoms with Gasteiger partial charge in [0.1, 0.15) is 0 Å². The van der Waals surface area contributed by atoms with E-state index in [-0.39, 0.29) is 0 Å². The van der Waals surface area contributed by atoms with Gasteiger partial charge in [0.25, 0.3) is 0 Å². The lowest BCUT2D eigenvalue weighted by Gasteiger charge is -2.18. The second-order valence-corrected chi connectivity index (χ2v) is 8.68. The fourth-order valence-corrected chi connectivity index (χ4v) is 5.04. The van der Waals surface area contributed by atoms with E-state index in [4.69, 9.17) is 0 Å². The smallest absolute Gasteiger partial charge is 0.0684 e. The predicted octanol–water partition coefficient (Wildman–Crippen LogP) is 6.60. The van der Waals surface area contributed by atoms with Crippen LogP contribution in [-0.2, 0) is 0 Å². The summed E-state index contributed by atoms with van der Waals surface area (Å²) >= 11 is 4.22. The molecular weight excluding hydrogens is 280 g/mol. The molecule has 1 aliphatic rings. The summed E-state index contributed by atoms with van der Waals surface area (Å²) < 4.78 is 0.714. The van der Waals surface area contributed by atoms with Gasteiger partial charge < -0.3 is 0 Å². The minimum absolute atomic E-state index is 0.714. The van der Waals surface area contributed by atoms with E-state index in [2.05, 4.69) is 69.4 Å². The van der Waals surface area contributed by atoms with Crippen molar-refractivity contribution in [3.8, 4) is 0 Å². The molecule has 0 saturated carbocycles. The Morgan fingerprint density at radius 3 is 2.15 bits per heavy atom. The molecule has 1 heterocycles. The highest BCUT2D eigenvalue weighted by Gasteiger charge is 2.11. The number of hydrogen-bond acceptors (Lipinski definition) is 2. The second kappa shape index (κ2) is 10.6. The average Bonchev–Trinajstić information content (AvgIpc) is 2.39. The molecule has 0 unspecified atom stereocenters. The molecule has 0 aromatic rings. The molecule has 1 saturated heterocycles. The van der Waals surface area contributed by atoms with E-state index in [1.54, 1.807) is 5.57 Å². The van der Waals surface area contributed by atoms with Crippen LogP contribution in [0.2, 0.25) is 0 Å². The molecule has 0 bridgehead atoms. The van der Waals surface area contributed by atoms with Crippen molar-refractivity contribution in [3.05, 3.63) is 34.9 Å². The van der Waals surface area contributed by atoms with Crippen LogP contribution in [0.1, 0.15) is 59.8 Å². The van der Waals surface area contributed by atoms with Crippen LogP contribution in [0, 0.1) is 0 Å². The first kappa shape index (κ1) is 18.0. The third-order valence-corrected chi connectivity index (χ3v) is 6.19. The lowest BCUT2D eigenvalue weighted by molar-refractivity contribution is 0.916. The van der Waals surface area contributed by atoms with Gasteiger partial charge in [-0.15, -0.1) is 23.5 Å². The van der Waals surface area contributed by atoms with Crippen molar-refractivity contribution in [2.75, 3.05) is 11.5 Å². The molecule has 1 aliphatic heterocycles. The van der Waals surface area contributed by atoms with Crippen molar-refractivity contribution in [2.45, 2.75) is 64.4 Å². The standard InChI is InChI=1S/C18H30S2/c1-15(2)8-5-9-16(3)10-6-11-17(4)14-18-19-12-7-13-20-18/h8,10,14,18H,5-7,9,11-13H2,1-4H3. The summed E-state index contributed by atoms with van der Waals surface area (Å²) in [5, 5.41) is 0. The Kier molecular flexibility index (Phi) is 9.54. The van der Waals surface area contributed by atoms with Crippen LogP contribution in [0.25, 0.3) is 0 Å². The van der Waals surface area contributed by atoms with Gasteiger partial charge in [0.2, 0.25) is 0 Å². The Morgan fingerprint density at radius 1 is 0.900 bits per heavy atom. The SMILES string of the molecule is CC(C)=CCCC(C)=CCCC(C)=CC1SCCCS1. The van der Waals surface area contributed by atoms with Gasteiger partial charge in [0, 0.05) is 0 Å². The molecule has 1 rings (SSSR count). The monoisotopic (exact) mass is 310 g/mol. The first-order valence-electron chi connectivity index (χ1n) is 7.77. The first-order valence-corrected chi connectivity index (χ1v) is 9.87. The van der Waals surface area contributed by atoms with Gasteiger partial charge in [-0.3, -0.25) is 0 Å². The maximum atomic E-state index is 2.49. The number of rotatable bonds is 7. The van der Waals surface area contributed by atoms with Gasteiger partial charge in [0.15, 0.2) is 0 Å². The highest BCUT2D eigenvalue weighted by atomic mass is 32.2. The normalized spacial score (nSPS) is 18.2. The molecule has 0 amide bonds. The molecule has 0 aromatic carbocycles. The summed E-state index contributed by atoms with van der Waals surface area (Å²) in [7, 11) is 0. The summed E-state index contributed by atoms with van der Waals surface area (Å²) in [5.41, 5.74) is 4.53. The van der Waals surface area contributed by atoms with Crippen LogP contribution in [0.5, 0.6) is 0 Å². The van der Waals surface area contributed by atoms with E-state index in [0.717, 1.165) is 0 Å². The zero-order valence-electron chi connectivity index (χ0n) is 13.6. The van der Waals surface area contributed by atoms with Gasteiger partial charge in [-0.2, -0.15) is 0 Å².